The van der Waals surface area contributed by atoms with Crippen LogP contribution in [0.15, 0.2) is 79.3 Å². The molecule has 0 unspecified atom stereocenters. The van der Waals surface area contributed by atoms with Crippen molar-refractivity contribution < 1.29 is 14.6 Å². The summed E-state index contributed by atoms with van der Waals surface area (Å²) in [5, 5.41) is 15.8. The first kappa shape index (κ1) is 22.5. The molecule has 0 aliphatic carbocycles. The molecule has 0 fully saturated rings. The van der Waals surface area contributed by atoms with Gasteiger partial charge in [-0.3, -0.25) is 9.78 Å². The molecular formula is C26H23N5O3. The van der Waals surface area contributed by atoms with Crippen LogP contribution in [0, 0.1) is 6.92 Å². The maximum atomic E-state index is 12.4. The number of benzene rings is 2. The Bertz CT molecular complexity index is 1340. The van der Waals surface area contributed by atoms with Crippen molar-refractivity contribution in [3.8, 4) is 22.8 Å². The number of nitrogens with one attached hydrogen (secondary N) is 2. The number of amides is 1. The minimum absolute atomic E-state index is 0.0405. The van der Waals surface area contributed by atoms with E-state index in [1.54, 1.807) is 36.8 Å². The first-order valence-corrected chi connectivity index (χ1v) is 10.5. The first-order valence-electron chi connectivity index (χ1n) is 10.5. The van der Waals surface area contributed by atoms with Gasteiger partial charge in [-0.1, -0.05) is 12.1 Å². The molecule has 0 radical (unpaired) electrons. The van der Waals surface area contributed by atoms with Crippen molar-refractivity contribution in [1.82, 2.24) is 15.0 Å². The molecule has 4 aromatic rings. The van der Waals surface area contributed by atoms with Gasteiger partial charge >= 0.3 is 0 Å². The summed E-state index contributed by atoms with van der Waals surface area (Å²) in [6.07, 6.45) is 8.20. The van der Waals surface area contributed by atoms with E-state index >= 15 is 0 Å². The van der Waals surface area contributed by atoms with Gasteiger partial charge in [0, 0.05) is 41.6 Å². The van der Waals surface area contributed by atoms with Crippen LogP contribution in [0.3, 0.4) is 0 Å². The van der Waals surface area contributed by atoms with Gasteiger partial charge in [-0.25, -0.2) is 9.97 Å². The normalized spacial score (nSPS) is 10.8. The number of aromatic nitrogens is 3. The predicted molar refractivity (Wildman–Crippen MR) is 132 cm³/mol. The Morgan fingerprint density at radius 1 is 1.09 bits per heavy atom. The second-order valence-electron chi connectivity index (χ2n) is 7.42. The Kier molecular flexibility index (Phi) is 6.78. The lowest BCUT2D eigenvalue weighted by atomic mass is 10.1. The number of carbonyl (C=O) groups excluding carboxylic acids is 1. The van der Waals surface area contributed by atoms with Gasteiger partial charge in [0.25, 0.3) is 0 Å². The number of ether oxygens (including phenoxy) is 1. The highest BCUT2D eigenvalue weighted by Gasteiger charge is 2.07. The third-order valence-electron chi connectivity index (χ3n) is 5.00. The van der Waals surface area contributed by atoms with Gasteiger partial charge in [-0.2, -0.15) is 0 Å². The molecule has 0 spiro atoms. The number of pyridine rings is 1. The summed E-state index contributed by atoms with van der Waals surface area (Å²) < 4.78 is 5.09. The van der Waals surface area contributed by atoms with Crippen LogP contribution in [0.5, 0.6) is 11.5 Å². The summed E-state index contributed by atoms with van der Waals surface area (Å²) in [6, 6.07) is 16.0. The third-order valence-corrected chi connectivity index (χ3v) is 5.00. The fourth-order valence-electron chi connectivity index (χ4n) is 3.20. The van der Waals surface area contributed by atoms with E-state index < -0.39 is 0 Å². The van der Waals surface area contributed by atoms with Crippen molar-refractivity contribution in [2.75, 3.05) is 17.7 Å². The van der Waals surface area contributed by atoms with Crippen molar-refractivity contribution in [2.45, 2.75) is 6.92 Å². The van der Waals surface area contributed by atoms with Crippen LogP contribution < -0.4 is 15.4 Å². The van der Waals surface area contributed by atoms with Crippen LogP contribution in [0.25, 0.3) is 17.3 Å². The largest absolute Gasteiger partial charge is 0.504 e. The molecular weight excluding hydrogens is 430 g/mol. The molecule has 0 saturated carbocycles. The lowest BCUT2D eigenvalue weighted by molar-refractivity contribution is -0.111. The van der Waals surface area contributed by atoms with Gasteiger partial charge in [0.15, 0.2) is 11.5 Å². The molecule has 3 N–H and O–H groups in total. The van der Waals surface area contributed by atoms with Crippen LogP contribution in [0.2, 0.25) is 0 Å². The summed E-state index contributed by atoms with van der Waals surface area (Å²) in [5.74, 6) is 0.524. The van der Waals surface area contributed by atoms with Crippen LogP contribution in [-0.4, -0.2) is 33.1 Å². The highest BCUT2D eigenvalue weighted by Crippen LogP contribution is 2.27. The molecule has 1 amide bonds. The number of rotatable bonds is 7. The van der Waals surface area contributed by atoms with Gasteiger partial charge in [-0.15, -0.1) is 0 Å². The highest BCUT2D eigenvalue weighted by atomic mass is 16.5. The van der Waals surface area contributed by atoms with Crippen LogP contribution in [-0.2, 0) is 4.79 Å². The highest BCUT2D eigenvalue weighted by molar-refractivity contribution is 6.02. The molecule has 170 valence electrons. The molecule has 0 saturated heterocycles. The average molecular weight is 454 g/mol. The summed E-state index contributed by atoms with van der Waals surface area (Å²) >= 11 is 0. The fraction of sp³-hybridized carbons (Fsp3) is 0.0769. The number of aryl methyl sites for hydroxylation is 1. The predicted octanol–water partition coefficient (Wildman–Crippen LogP) is 4.96. The Balaban J connectivity index is 1.47. The molecule has 0 aliphatic heterocycles. The molecule has 8 nitrogen and oxygen atoms in total. The Morgan fingerprint density at radius 2 is 1.97 bits per heavy atom. The number of phenolic OH excluding ortho intramolecular Hbond substituents is 1. The average Bonchev–Trinajstić information content (AvgIpc) is 2.86. The number of hydrogen-bond donors (Lipinski definition) is 3. The van der Waals surface area contributed by atoms with E-state index in [2.05, 4.69) is 25.6 Å². The van der Waals surface area contributed by atoms with Gasteiger partial charge in [0.2, 0.25) is 11.9 Å². The SMILES string of the molecule is COc1cc(/C=C/C(=O)Nc2ccc(C)c(Nc3nccc(-c4cccnc4)n3)c2)ccc1O. The van der Waals surface area contributed by atoms with Crippen molar-refractivity contribution in [3.05, 3.63) is 90.4 Å². The summed E-state index contributed by atoms with van der Waals surface area (Å²) in [4.78, 5) is 25.4. The van der Waals surface area contributed by atoms with Gasteiger partial charge < -0.3 is 20.5 Å². The van der Waals surface area contributed by atoms with Crippen molar-refractivity contribution in [2.24, 2.45) is 0 Å². The van der Waals surface area contributed by atoms with Gasteiger partial charge in [0.1, 0.15) is 0 Å². The number of carbonyl (C=O) groups is 1. The van der Waals surface area contributed by atoms with Crippen LogP contribution in [0.1, 0.15) is 11.1 Å². The van der Waals surface area contributed by atoms with E-state index in [-0.39, 0.29) is 11.7 Å². The minimum atomic E-state index is -0.295. The van der Waals surface area contributed by atoms with Crippen molar-refractivity contribution in [3.63, 3.8) is 0 Å². The van der Waals surface area contributed by atoms with E-state index in [1.807, 2.05) is 43.3 Å². The van der Waals surface area contributed by atoms with Crippen molar-refractivity contribution >= 4 is 29.3 Å². The molecule has 0 aliphatic rings. The lowest BCUT2D eigenvalue weighted by Gasteiger charge is -2.11. The zero-order valence-electron chi connectivity index (χ0n) is 18.7. The Labute approximate surface area is 197 Å². The quantitative estimate of drug-likeness (QED) is 0.339. The van der Waals surface area contributed by atoms with Crippen LogP contribution >= 0.6 is 0 Å². The molecule has 0 atom stereocenters. The minimum Gasteiger partial charge on any atom is -0.504 e. The lowest BCUT2D eigenvalue weighted by Crippen LogP contribution is -2.08. The summed E-state index contributed by atoms with van der Waals surface area (Å²) in [7, 11) is 1.47. The number of phenols is 1. The summed E-state index contributed by atoms with van der Waals surface area (Å²) in [6.45, 7) is 1.96. The first-order chi connectivity index (χ1) is 16.5. The molecule has 2 aromatic heterocycles. The smallest absolute Gasteiger partial charge is 0.248 e. The summed E-state index contributed by atoms with van der Waals surface area (Å²) in [5.41, 5.74) is 4.73. The monoisotopic (exact) mass is 453 g/mol. The van der Waals surface area contributed by atoms with E-state index in [4.69, 9.17) is 4.74 Å². The maximum Gasteiger partial charge on any atom is 0.248 e. The van der Waals surface area contributed by atoms with Gasteiger partial charge in [0.05, 0.1) is 12.8 Å². The molecule has 34 heavy (non-hydrogen) atoms. The number of methoxy groups -OCH3 is 1. The van der Waals surface area contributed by atoms with E-state index in [0.717, 1.165) is 28.1 Å². The van der Waals surface area contributed by atoms with E-state index in [0.29, 0.717) is 17.4 Å². The zero-order valence-corrected chi connectivity index (χ0v) is 18.7. The van der Waals surface area contributed by atoms with Crippen LogP contribution in [0.4, 0.5) is 17.3 Å². The van der Waals surface area contributed by atoms with Gasteiger partial charge in [-0.05, 0) is 66.6 Å². The second kappa shape index (κ2) is 10.3. The zero-order chi connectivity index (χ0) is 23.9. The Morgan fingerprint density at radius 3 is 2.76 bits per heavy atom. The maximum absolute atomic E-state index is 12.4. The standard InChI is InChI=1S/C26H23N5O3/c1-17-5-8-20(29-25(33)10-7-18-6-9-23(32)24(14-18)34-2)15-22(17)31-26-28-13-11-21(30-26)19-4-3-12-27-16-19/h3-16,32H,1-2H3,(H,29,33)(H,28,30,31)/b10-7+. The molecule has 2 aromatic carbocycles. The third kappa shape index (κ3) is 5.55. The number of nitrogens with zero attached hydrogens (tertiary/aromatic N) is 3. The molecule has 0 bridgehead atoms. The Hall–Kier alpha value is -4.72. The second-order valence-corrected chi connectivity index (χ2v) is 7.42. The molecule has 2 heterocycles. The fourth-order valence-corrected chi connectivity index (χ4v) is 3.20. The number of hydrogen-bond acceptors (Lipinski definition) is 7. The van der Waals surface area contributed by atoms with Crippen molar-refractivity contribution in [1.29, 1.82) is 0 Å². The topological polar surface area (TPSA) is 109 Å². The number of aromatic hydroxyl groups is 1. The molecule has 8 heteroatoms. The number of anilines is 3. The molecule has 4 rings (SSSR count). The van der Waals surface area contributed by atoms with E-state index in [1.165, 1.54) is 19.3 Å². The van der Waals surface area contributed by atoms with E-state index in [9.17, 15) is 9.90 Å².